The lowest BCUT2D eigenvalue weighted by Gasteiger charge is -2.12. The van der Waals surface area contributed by atoms with E-state index in [4.69, 9.17) is 21.4 Å². The predicted octanol–water partition coefficient (Wildman–Crippen LogP) is 0.975. The van der Waals surface area contributed by atoms with E-state index in [9.17, 15) is 4.79 Å². The quantitative estimate of drug-likeness (QED) is 0.787. The number of nitrogens with zero attached hydrogens (tertiary/aromatic N) is 3. The average molecular weight is 271 g/mol. The van der Waals surface area contributed by atoms with E-state index in [0.717, 1.165) is 0 Å². The first-order valence-electron chi connectivity index (χ1n) is 5.21. The fourth-order valence-electron chi connectivity index (χ4n) is 1.64. The van der Waals surface area contributed by atoms with Gasteiger partial charge in [-0.3, -0.25) is 4.79 Å². The molecular formula is C10H11ClN4O3. The van der Waals surface area contributed by atoms with Crippen LogP contribution in [0.4, 0.5) is 5.95 Å². The monoisotopic (exact) mass is 270 g/mol. The first kappa shape index (κ1) is 12.6. The van der Waals surface area contributed by atoms with E-state index in [1.165, 1.54) is 7.11 Å². The second-order valence-corrected chi connectivity index (χ2v) is 4.07. The largest absolute Gasteiger partial charge is 0.481 e. The van der Waals surface area contributed by atoms with Crippen molar-refractivity contribution < 1.29 is 14.6 Å². The topological polar surface area (TPSA) is 97.2 Å². The Bertz CT molecular complexity index is 494. The highest BCUT2D eigenvalue weighted by atomic mass is 35.5. The van der Waals surface area contributed by atoms with Gasteiger partial charge in [-0.25, -0.2) is 0 Å². The Hall–Kier alpha value is -1.89. The number of carbonyl (C=O) groups is 1. The molecule has 1 heterocycles. The molecule has 0 radical (unpaired) electrons. The van der Waals surface area contributed by atoms with Crippen molar-refractivity contribution in [2.45, 2.75) is 12.5 Å². The lowest BCUT2D eigenvalue weighted by molar-refractivity contribution is -0.140. The first-order chi connectivity index (χ1) is 8.58. The summed E-state index contributed by atoms with van der Waals surface area (Å²) in [5.74, 6) is -1.07. The average Bonchev–Trinajstić information content (AvgIpc) is 2.76. The minimum Gasteiger partial charge on any atom is -0.481 e. The van der Waals surface area contributed by atoms with Crippen LogP contribution in [0.5, 0.6) is 6.01 Å². The Morgan fingerprint density at radius 3 is 2.89 bits per heavy atom. The van der Waals surface area contributed by atoms with Crippen molar-refractivity contribution >= 4 is 23.5 Å². The Morgan fingerprint density at radius 1 is 1.50 bits per heavy atom. The smallest absolute Gasteiger partial charge is 0.322 e. The third kappa shape index (κ3) is 2.86. The van der Waals surface area contributed by atoms with Gasteiger partial charge in [0.1, 0.15) is 0 Å². The number of nitrogens with one attached hydrogen (secondary N) is 1. The van der Waals surface area contributed by atoms with Crippen molar-refractivity contribution in [1.82, 2.24) is 15.0 Å². The van der Waals surface area contributed by atoms with Gasteiger partial charge in [0.05, 0.1) is 13.0 Å². The number of aliphatic carboxylic acids is 1. The van der Waals surface area contributed by atoms with Gasteiger partial charge in [-0.1, -0.05) is 12.2 Å². The van der Waals surface area contributed by atoms with Gasteiger partial charge in [-0.2, -0.15) is 15.0 Å². The molecule has 0 spiro atoms. The van der Waals surface area contributed by atoms with Crippen LogP contribution in [-0.4, -0.2) is 39.2 Å². The molecule has 18 heavy (non-hydrogen) atoms. The van der Waals surface area contributed by atoms with Gasteiger partial charge in [0.2, 0.25) is 11.2 Å². The highest BCUT2D eigenvalue weighted by Gasteiger charge is 2.24. The minimum absolute atomic E-state index is 0.0149. The molecule has 1 aromatic heterocycles. The van der Waals surface area contributed by atoms with E-state index in [1.807, 2.05) is 0 Å². The number of ether oxygens (including phenoxy) is 1. The van der Waals surface area contributed by atoms with Gasteiger partial charge in [-0.15, -0.1) is 0 Å². The molecule has 1 aromatic rings. The van der Waals surface area contributed by atoms with Crippen LogP contribution in [0.3, 0.4) is 0 Å². The Balaban J connectivity index is 2.05. The molecule has 96 valence electrons. The van der Waals surface area contributed by atoms with Crippen molar-refractivity contribution in [2.75, 3.05) is 12.4 Å². The fraction of sp³-hybridized carbons (Fsp3) is 0.400. The highest BCUT2D eigenvalue weighted by molar-refractivity contribution is 6.28. The van der Waals surface area contributed by atoms with Gasteiger partial charge in [0, 0.05) is 6.04 Å². The molecule has 7 nitrogen and oxygen atoms in total. The number of rotatable bonds is 4. The highest BCUT2D eigenvalue weighted by Crippen LogP contribution is 2.21. The zero-order chi connectivity index (χ0) is 13.1. The van der Waals surface area contributed by atoms with Gasteiger partial charge in [0.15, 0.2) is 0 Å². The summed E-state index contributed by atoms with van der Waals surface area (Å²) in [7, 11) is 1.42. The van der Waals surface area contributed by atoms with Crippen molar-refractivity contribution in [3.05, 3.63) is 17.4 Å². The summed E-state index contributed by atoms with van der Waals surface area (Å²) in [5.41, 5.74) is 0. The summed E-state index contributed by atoms with van der Waals surface area (Å²) in [6.45, 7) is 0. The van der Waals surface area contributed by atoms with Crippen LogP contribution in [0, 0.1) is 5.92 Å². The molecule has 0 amide bonds. The summed E-state index contributed by atoms with van der Waals surface area (Å²) in [6.07, 6.45) is 3.85. The zero-order valence-corrected chi connectivity index (χ0v) is 10.3. The molecule has 0 saturated carbocycles. The van der Waals surface area contributed by atoms with Crippen LogP contribution in [-0.2, 0) is 4.79 Å². The molecule has 2 atom stereocenters. The van der Waals surface area contributed by atoms with E-state index in [0.29, 0.717) is 6.42 Å². The van der Waals surface area contributed by atoms with Crippen molar-refractivity contribution in [2.24, 2.45) is 5.92 Å². The summed E-state index contributed by atoms with van der Waals surface area (Å²) in [4.78, 5) is 22.4. The Labute approximate surface area is 108 Å². The van der Waals surface area contributed by atoms with Crippen LogP contribution >= 0.6 is 11.6 Å². The summed E-state index contributed by atoms with van der Waals surface area (Å²) >= 11 is 5.70. The number of hydrogen-bond acceptors (Lipinski definition) is 6. The number of hydrogen-bond donors (Lipinski definition) is 2. The van der Waals surface area contributed by atoms with Crippen LogP contribution in [0.15, 0.2) is 12.2 Å². The molecule has 1 aliphatic rings. The number of aromatic nitrogens is 3. The third-order valence-corrected chi connectivity index (χ3v) is 2.65. The van der Waals surface area contributed by atoms with E-state index < -0.39 is 11.9 Å². The SMILES string of the molecule is COc1nc(Cl)nc(NC2C=CC(C(=O)O)C2)n1. The molecular weight excluding hydrogens is 260 g/mol. The Kier molecular flexibility index (Phi) is 3.61. The second kappa shape index (κ2) is 5.18. The van der Waals surface area contributed by atoms with Crippen LogP contribution < -0.4 is 10.1 Å². The number of methoxy groups -OCH3 is 1. The van der Waals surface area contributed by atoms with E-state index in [2.05, 4.69) is 20.3 Å². The van der Waals surface area contributed by atoms with Crippen LogP contribution in [0.1, 0.15) is 6.42 Å². The van der Waals surface area contributed by atoms with Gasteiger partial charge in [0.25, 0.3) is 0 Å². The lowest BCUT2D eigenvalue weighted by Crippen LogP contribution is -2.20. The molecule has 2 N–H and O–H groups in total. The maximum atomic E-state index is 10.8. The molecule has 2 unspecified atom stereocenters. The molecule has 0 aromatic carbocycles. The first-order valence-corrected chi connectivity index (χ1v) is 5.59. The number of carboxylic acids is 1. The number of halogens is 1. The number of anilines is 1. The fourth-order valence-corrected chi connectivity index (χ4v) is 1.80. The van der Waals surface area contributed by atoms with Crippen molar-refractivity contribution in [1.29, 1.82) is 0 Å². The van der Waals surface area contributed by atoms with Crippen LogP contribution in [0.25, 0.3) is 0 Å². The zero-order valence-electron chi connectivity index (χ0n) is 9.50. The Morgan fingerprint density at radius 2 is 2.28 bits per heavy atom. The normalized spacial score (nSPS) is 21.9. The molecule has 0 aliphatic heterocycles. The van der Waals surface area contributed by atoms with E-state index in [1.54, 1.807) is 12.2 Å². The lowest BCUT2D eigenvalue weighted by atomic mass is 10.1. The third-order valence-electron chi connectivity index (χ3n) is 2.49. The van der Waals surface area contributed by atoms with E-state index >= 15 is 0 Å². The maximum absolute atomic E-state index is 10.8. The molecule has 0 bridgehead atoms. The second-order valence-electron chi connectivity index (χ2n) is 3.73. The molecule has 8 heteroatoms. The molecule has 0 saturated heterocycles. The van der Waals surface area contributed by atoms with Crippen LogP contribution in [0.2, 0.25) is 5.28 Å². The molecule has 2 rings (SSSR count). The van der Waals surface area contributed by atoms with Gasteiger partial charge in [-0.05, 0) is 18.0 Å². The molecule has 1 aliphatic carbocycles. The standard InChI is InChI=1S/C10H11ClN4O3/c1-18-10-14-8(11)13-9(15-10)12-6-3-2-5(4-6)7(16)17/h2-3,5-6H,4H2,1H3,(H,16,17)(H,12,13,14,15). The predicted molar refractivity (Wildman–Crippen MR) is 63.7 cm³/mol. The van der Waals surface area contributed by atoms with Crippen molar-refractivity contribution in [3.8, 4) is 6.01 Å². The maximum Gasteiger partial charge on any atom is 0.322 e. The van der Waals surface area contributed by atoms with Gasteiger partial charge >= 0.3 is 12.0 Å². The summed E-state index contributed by atoms with van der Waals surface area (Å²) in [5, 5.41) is 11.8. The number of carboxylic acid groups (broad SMARTS) is 1. The van der Waals surface area contributed by atoms with E-state index in [-0.39, 0.29) is 23.3 Å². The van der Waals surface area contributed by atoms with Gasteiger partial charge < -0.3 is 15.2 Å². The minimum atomic E-state index is -0.846. The summed E-state index contributed by atoms with van der Waals surface area (Å²) < 4.78 is 4.86. The molecule has 0 fully saturated rings. The van der Waals surface area contributed by atoms with Crippen molar-refractivity contribution in [3.63, 3.8) is 0 Å². The summed E-state index contributed by atoms with van der Waals surface area (Å²) in [6, 6.07) is -0.0384.